The standard InChI is InChI=1S/C28H18O8/c1-33-15-8-6-14(7-9-15)18-12-35-28-24-17(19-13-34-21-5-3-2-4-16(21)26(19)31)10-23(30)36-22(24)11-20(29)25(28)27(18)32/h2-9,11-13,17,29H,10H2,1H3/t17-/m1/s1. The van der Waals surface area contributed by atoms with E-state index in [9.17, 15) is 19.5 Å². The molecule has 0 saturated heterocycles. The molecule has 1 N–H and O–H groups in total. The number of methoxy groups -OCH3 is 1. The normalized spacial score (nSPS) is 15.0. The van der Waals surface area contributed by atoms with Crippen LogP contribution < -0.4 is 20.3 Å². The first-order chi connectivity index (χ1) is 17.5. The van der Waals surface area contributed by atoms with Crippen molar-refractivity contribution in [2.24, 2.45) is 0 Å². The van der Waals surface area contributed by atoms with Crippen LogP contribution in [0.2, 0.25) is 0 Å². The summed E-state index contributed by atoms with van der Waals surface area (Å²) >= 11 is 0. The largest absolute Gasteiger partial charge is 0.507 e. The van der Waals surface area contributed by atoms with Gasteiger partial charge in [0.1, 0.15) is 40.1 Å². The molecule has 0 fully saturated rings. The quantitative estimate of drug-likeness (QED) is 0.290. The number of para-hydroxylation sites is 1. The lowest BCUT2D eigenvalue weighted by atomic mass is 9.85. The highest BCUT2D eigenvalue weighted by Gasteiger charge is 2.35. The predicted octanol–water partition coefficient (Wildman–Crippen LogP) is 4.72. The number of aromatic hydroxyl groups is 1. The number of fused-ring (bicyclic) bond motifs is 4. The van der Waals surface area contributed by atoms with Gasteiger partial charge in [0.15, 0.2) is 5.43 Å². The van der Waals surface area contributed by atoms with Crippen LogP contribution >= 0.6 is 0 Å². The van der Waals surface area contributed by atoms with Gasteiger partial charge in [0.05, 0.1) is 30.7 Å². The van der Waals surface area contributed by atoms with Crippen molar-refractivity contribution in [3.8, 4) is 28.4 Å². The highest BCUT2D eigenvalue weighted by Crippen LogP contribution is 2.45. The van der Waals surface area contributed by atoms with Gasteiger partial charge in [-0.05, 0) is 29.8 Å². The zero-order valence-corrected chi connectivity index (χ0v) is 18.9. The van der Waals surface area contributed by atoms with Gasteiger partial charge in [-0.15, -0.1) is 0 Å². The number of esters is 1. The molecule has 178 valence electrons. The van der Waals surface area contributed by atoms with Gasteiger partial charge in [-0.1, -0.05) is 24.3 Å². The summed E-state index contributed by atoms with van der Waals surface area (Å²) in [6.07, 6.45) is 2.45. The average molecular weight is 482 g/mol. The van der Waals surface area contributed by atoms with Gasteiger partial charge >= 0.3 is 5.97 Å². The van der Waals surface area contributed by atoms with Gasteiger partial charge in [-0.2, -0.15) is 0 Å². The Hall–Kier alpha value is -4.85. The Morgan fingerprint density at radius 3 is 2.50 bits per heavy atom. The summed E-state index contributed by atoms with van der Waals surface area (Å²) in [4.78, 5) is 39.3. The molecule has 6 rings (SSSR count). The Labute approximate surface area is 202 Å². The molecule has 8 nitrogen and oxygen atoms in total. The molecule has 1 atom stereocenters. The van der Waals surface area contributed by atoms with E-state index in [0.29, 0.717) is 27.8 Å². The van der Waals surface area contributed by atoms with Gasteiger partial charge in [-0.25, -0.2) is 0 Å². The van der Waals surface area contributed by atoms with Crippen molar-refractivity contribution in [2.45, 2.75) is 12.3 Å². The first kappa shape index (κ1) is 21.7. The summed E-state index contributed by atoms with van der Waals surface area (Å²) in [5, 5.41) is 11.0. The fourth-order valence-electron chi connectivity index (χ4n) is 4.70. The number of rotatable bonds is 3. The third-order valence-electron chi connectivity index (χ3n) is 6.45. The lowest BCUT2D eigenvalue weighted by Crippen LogP contribution is -2.25. The molecule has 0 radical (unpaired) electrons. The third kappa shape index (κ3) is 3.26. The van der Waals surface area contributed by atoms with Crippen LogP contribution in [0.3, 0.4) is 0 Å². The van der Waals surface area contributed by atoms with E-state index in [4.69, 9.17) is 18.3 Å². The molecule has 0 saturated carbocycles. The number of phenols is 1. The molecule has 1 aliphatic rings. The van der Waals surface area contributed by atoms with Crippen molar-refractivity contribution in [1.82, 2.24) is 0 Å². The van der Waals surface area contributed by atoms with Gasteiger partial charge in [0.25, 0.3) is 0 Å². The minimum Gasteiger partial charge on any atom is -0.507 e. The second kappa shape index (κ2) is 8.13. The van der Waals surface area contributed by atoms with Crippen LogP contribution in [0.5, 0.6) is 17.2 Å². The smallest absolute Gasteiger partial charge is 0.312 e. The van der Waals surface area contributed by atoms with Crippen LogP contribution in [0.4, 0.5) is 0 Å². The number of benzene rings is 3. The Balaban J connectivity index is 1.60. The lowest BCUT2D eigenvalue weighted by Gasteiger charge is -2.25. The molecule has 3 heterocycles. The summed E-state index contributed by atoms with van der Waals surface area (Å²) < 4.78 is 22.1. The predicted molar refractivity (Wildman–Crippen MR) is 131 cm³/mol. The molecule has 0 bridgehead atoms. The second-order valence-corrected chi connectivity index (χ2v) is 8.47. The van der Waals surface area contributed by atoms with Gasteiger partial charge in [0.2, 0.25) is 5.43 Å². The summed E-state index contributed by atoms with van der Waals surface area (Å²) in [5.74, 6) is -1.14. The molecule has 36 heavy (non-hydrogen) atoms. The molecule has 2 aromatic heterocycles. The molecule has 8 heteroatoms. The van der Waals surface area contributed by atoms with E-state index in [1.54, 1.807) is 55.6 Å². The zero-order valence-electron chi connectivity index (χ0n) is 18.9. The highest BCUT2D eigenvalue weighted by molar-refractivity contribution is 5.94. The van der Waals surface area contributed by atoms with E-state index in [-0.39, 0.29) is 39.7 Å². The van der Waals surface area contributed by atoms with Crippen LogP contribution in [0, 0.1) is 0 Å². The maximum absolute atomic E-state index is 13.5. The molecule has 0 spiro atoms. The zero-order chi connectivity index (χ0) is 25.0. The van der Waals surface area contributed by atoms with Crippen molar-refractivity contribution < 1.29 is 28.2 Å². The fraction of sp³-hybridized carbons (Fsp3) is 0.107. The summed E-state index contributed by atoms with van der Waals surface area (Å²) in [7, 11) is 1.54. The van der Waals surface area contributed by atoms with E-state index < -0.39 is 23.1 Å². The van der Waals surface area contributed by atoms with Crippen LogP contribution in [0.15, 0.2) is 85.5 Å². The van der Waals surface area contributed by atoms with E-state index in [0.717, 1.165) is 0 Å². The van der Waals surface area contributed by atoms with E-state index in [2.05, 4.69) is 0 Å². The van der Waals surface area contributed by atoms with Crippen molar-refractivity contribution in [2.75, 3.05) is 7.11 Å². The number of hydrogen-bond acceptors (Lipinski definition) is 8. The molecular weight excluding hydrogens is 464 g/mol. The van der Waals surface area contributed by atoms with Crippen LogP contribution in [0.1, 0.15) is 23.5 Å². The maximum atomic E-state index is 13.5. The van der Waals surface area contributed by atoms with Crippen LogP contribution in [0.25, 0.3) is 33.1 Å². The number of carbonyl (C=O) groups excluding carboxylic acids is 1. The summed E-state index contributed by atoms with van der Waals surface area (Å²) in [6, 6.07) is 14.8. The molecule has 1 aliphatic heterocycles. The Morgan fingerprint density at radius 2 is 1.72 bits per heavy atom. The summed E-state index contributed by atoms with van der Waals surface area (Å²) in [5.41, 5.74) is 1.03. The SMILES string of the molecule is COc1ccc(-c2coc3c4c(cc(O)c3c2=O)OC(=O)C[C@@H]4c2coc3ccccc3c2=O)cc1. The second-order valence-electron chi connectivity index (χ2n) is 8.47. The van der Waals surface area contributed by atoms with Gasteiger partial charge < -0.3 is 23.4 Å². The van der Waals surface area contributed by atoms with Crippen LogP contribution in [-0.4, -0.2) is 18.2 Å². The number of ether oxygens (including phenoxy) is 2. The van der Waals surface area contributed by atoms with Gasteiger partial charge in [-0.3, -0.25) is 14.4 Å². The van der Waals surface area contributed by atoms with Crippen molar-refractivity contribution in [3.63, 3.8) is 0 Å². The lowest BCUT2D eigenvalue weighted by molar-refractivity contribution is -0.135. The Kier molecular flexibility index (Phi) is 4.89. The first-order valence-corrected chi connectivity index (χ1v) is 11.1. The number of hydrogen-bond donors (Lipinski definition) is 1. The highest BCUT2D eigenvalue weighted by atomic mass is 16.5. The van der Waals surface area contributed by atoms with E-state index in [1.807, 2.05) is 0 Å². The molecule has 0 aliphatic carbocycles. The minimum absolute atomic E-state index is 0.0224. The molecule has 5 aromatic rings. The molecule has 3 aromatic carbocycles. The van der Waals surface area contributed by atoms with Crippen molar-refractivity contribution in [3.05, 3.63) is 98.7 Å². The van der Waals surface area contributed by atoms with Gasteiger partial charge in [0, 0.05) is 23.1 Å². The molecule has 0 unspecified atom stereocenters. The van der Waals surface area contributed by atoms with Crippen LogP contribution in [-0.2, 0) is 4.79 Å². The van der Waals surface area contributed by atoms with Crippen molar-refractivity contribution >= 4 is 27.9 Å². The molecule has 0 amide bonds. The fourth-order valence-corrected chi connectivity index (χ4v) is 4.70. The summed E-state index contributed by atoms with van der Waals surface area (Å²) in [6.45, 7) is 0. The Morgan fingerprint density at radius 1 is 0.944 bits per heavy atom. The van der Waals surface area contributed by atoms with E-state index >= 15 is 0 Å². The third-order valence-corrected chi connectivity index (χ3v) is 6.45. The number of phenolic OH excluding ortho intramolecular Hbond substituents is 1. The van der Waals surface area contributed by atoms with E-state index in [1.165, 1.54) is 18.6 Å². The Bertz CT molecular complexity index is 1790. The van der Waals surface area contributed by atoms with Crippen molar-refractivity contribution in [1.29, 1.82) is 0 Å². The topological polar surface area (TPSA) is 116 Å². The number of carbonyl (C=O) groups is 1. The maximum Gasteiger partial charge on any atom is 0.312 e. The monoisotopic (exact) mass is 482 g/mol. The minimum atomic E-state index is -0.805. The molecular formula is C28H18O8. The first-order valence-electron chi connectivity index (χ1n) is 11.1. The average Bonchev–Trinajstić information content (AvgIpc) is 2.88.